The fourth-order valence-electron chi connectivity index (χ4n) is 2.46. The van der Waals surface area contributed by atoms with Gasteiger partial charge in [0.2, 0.25) is 5.91 Å². The number of amides is 3. The number of hydrogen-bond donors (Lipinski definition) is 2. The number of imidazole rings is 1. The van der Waals surface area contributed by atoms with Gasteiger partial charge in [0.15, 0.2) is 0 Å². The maximum Gasteiger partial charge on any atom is 0.329 e. The van der Waals surface area contributed by atoms with E-state index >= 15 is 0 Å². The Morgan fingerprint density at radius 3 is 2.30 bits per heavy atom. The van der Waals surface area contributed by atoms with E-state index < -0.39 is 11.9 Å². The second-order valence-electron chi connectivity index (χ2n) is 5.31. The molecule has 124 valence electrons. The Labute approximate surface area is 134 Å². The number of rotatable bonds is 6. The van der Waals surface area contributed by atoms with Crippen LogP contribution >= 0.6 is 0 Å². The van der Waals surface area contributed by atoms with Gasteiger partial charge in [-0.3, -0.25) is 19.2 Å². The van der Waals surface area contributed by atoms with Crippen LogP contribution in [-0.2, 0) is 17.9 Å². The van der Waals surface area contributed by atoms with Gasteiger partial charge in [-0.05, 0) is 25.0 Å². The Bertz CT molecular complexity index is 760. The summed E-state index contributed by atoms with van der Waals surface area (Å²) in [6.07, 6.45) is 1.60. The van der Waals surface area contributed by atoms with Crippen molar-refractivity contribution in [3.05, 3.63) is 34.7 Å². The van der Waals surface area contributed by atoms with Crippen molar-refractivity contribution in [2.24, 2.45) is 0 Å². The summed E-state index contributed by atoms with van der Waals surface area (Å²) in [7, 11) is 0. The maximum absolute atomic E-state index is 12.5. The maximum atomic E-state index is 12.5. The number of nitrogens with one attached hydrogen (secondary N) is 2. The molecule has 0 bridgehead atoms. The number of carbonyl (C=O) groups is 2. The first kappa shape index (κ1) is 16.8. The first-order chi connectivity index (χ1) is 11.1. The summed E-state index contributed by atoms with van der Waals surface area (Å²) in [6.45, 7) is 4.81. The van der Waals surface area contributed by atoms with E-state index in [0.29, 0.717) is 18.6 Å². The topological polar surface area (TPSA) is 85.1 Å². The second-order valence-corrected chi connectivity index (χ2v) is 5.31. The van der Waals surface area contributed by atoms with Crippen LogP contribution in [0.4, 0.5) is 4.79 Å². The molecular weight excluding hydrogens is 296 g/mol. The zero-order valence-corrected chi connectivity index (χ0v) is 13.5. The lowest BCUT2D eigenvalue weighted by Gasteiger charge is -2.06. The highest BCUT2D eigenvalue weighted by molar-refractivity contribution is 5.94. The van der Waals surface area contributed by atoms with E-state index in [0.717, 1.165) is 18.4 Å². The van der Waals surface area contributed by atoms with Gasteiger partial charge in [-0.15, -0.1) is 0 Å². The highest BCUT2D eigenvalue weighted by atomic mass is 16.2. The number of hydrogen-bond acceptors (Lipinski definition) is 3. The molecule has 0 saturated carbocycles. The van der Waals surface area contributed by atoms with E-state index in [1.807, 2.05) is 32.0 Å². The van der Waals surface area contributed by atoms with Gasteiger partial charge in [0.1, 0.15) is 6.54 Å². The van der Waals surface area contributed by atoms with E-state index in [9.17, 15) is 14.4 Å². The van der Waals surface area contributed by atoms with Crippen molar-refractivity contribution < 1.29 is 9.59 Å². The first-order valence-corrected chi connectivity index (χ1v) is 7.84. The van der Waals surface area contributed by atoms with Gasteiger partial charge in [-0.25, -0.2) is 9.59 Å². The molecule has 0 fully saturated rings. The van der Waals surface area contributed by atoms with E-state index in [1.165, 1.54) is 4.57 Å². The Morgan fingerprint density at radius 1 is 1.04 bits per heavy atom. The number of imide groups is 1. The van der Waals surface area contributed by atoms with Crippen molar-refractivity contribution in [1.29, 1.82) is 0 Å². The number of para-hydroxylation sites is 2. The molecule has 0 unspecified atom stereocenters. The quantitative estimate of drug-likeness (QED) is 0.845. The lowest BCUT2D eigenvalue weighted by atomic mass is 10.3. The summed E-state index contributed by atoms with van der Waals surface area (Å²) in [5, 5.41) is 4.80. The molecule has 7 nitrogen and oxygen atoms in total. The van der Waals surface area contributed by atoms with Crippen LogP contribution in [0.3, 0.4) is 0 Å². The van der Waals surface area contributed by atoms with Crippen LogP contribution < -0.4 is 16.3 Å². The molecule has 0 radical (unpaired) electrons. The number of aromatic nitrogens is 2. The lowest BCUT2D eigenvalue weighted by molar-refractivity contribution is -0.120. The van der Waals surface area contributed by atoms with Crippen molar-refractivity contribution in [1.82, 2.24) is 19.8 Å². The number of urea groups is 1. The monoisotopic (exact) mass is 318 g/mol. The number of fused-ring (bicyclic) bond motifs is 1. The van der Waals surface area contributed by atoms with Crippen LogP contribution in [0.25, 0.3) is 11.0 Å². The van der Waals surface area contributed by atoms with Crippen LogP contribution in [0.2, 0.25) is 0 Å². The molecule has 0 aliphatic heterocycles. The summed E-state index contributed by atoms with van der Waals surface area (Å²) < 4.78 is 3.05. The minimum atomic E-state index is -0.540. The molecular formula is C16H22N4O3. The molecule has 1 aromatic carbocycles. The fourth-order valence-corrected chi connectivity index (χ4v) is 2.46. The van der Waals surface area contributed by atoms with E-state index in [2.05, 4.69) is 10.6 Å². The SMILES string of the molecule is CCCNC(=O)NC(=O)Cn1c(=O)n(CCC)c2ccccc21. The molecule has 1 heterocycles. The molecule has 0 atom stereocenters. The van der Waals surface area contributed by atoms with Gasteiger partial charge in [0.25, 0.3) is 0 Å². The molecule has 7 heteroatoms. The van der Waals surface area contributed by atoms with Crippen molar-refractivity contribution in [2.45, 2.75) is 39.8 Å². The zero-order chi connectivity index (χ0) is 16.8. The van der Waals surface area contributed by atoms with E-state index in [4.69, 9.17) is 0 Å². The minimum Gasteiger partial charge on any atom is -0.338 e. The summed E-state index contributed by atoms with van der Waals surface area (Å²) in [6, 6.07) is 6.79. The van der Waals surface area contributed by atoms with Gasteiger partial charge in [-0.1, -0.05) is 26.0 Å². The number of aryl methyl sites for hydroxylation is 1. The average Bonchev–Trinajstić information content (AvgIpc) is 2.79. The Kier molecular flexibility index (Phi) is 5.56. The second kappa shape index (κ2) is 7.62. The molecule has 0 aliphatic rings. The van der Waals surface area contributed by atoms with Crippen molar-refractivity contribution in [2.75, 3.05) is 6.54 Å². The number of nitrogens with zero attached hydrogens (tertiary/aromatic N) is 2. The van der Waals surface area contributed by atoms with E-state index in [1.54, 1.807) is 10.6 Å². The fraction of sp³-hybridized carbons (Fsp3) is 0.438. The highest BCUT2D eigenvalue weighted by Crippen LogP contribution is 2.12. The molecule has 23 heavy (non-hydrogen) atoms. The highest BCUT2D eigenvalue weighted by Gasteiger charge is 2.15. The summed E-state index contributed by atoms with van der Waals surface area (Å²) in [5.74, 6) is -0.514. The van der Waals surface area contributed by atoms with Crippen LogP contribution in [0.15, 0.2) is 29.1 Å². The first-order valence-electron chi connectivity index (χ1n) is 7.84. The summed E-state index contributed by atoms with van der Waals surface area (Å²) >= 11 is 0. The Morgan fingerprint density at radius 2 is 1.70 bits per heavy atom. The number of carbonyl (C=O) groups excluding carboxylic acids is 2. The number of benzene rings is 1. The molecule has 2 aromatic rings. The lowest BCUT2D eigenvalue weighted by Crippen LogP contribution is -2.42. The Balaban J connectivity index is 2.23. The third-order valence-electron chi connectivity index (χ3n) is 3.46. The van der Waals surface area contributed by atoms with Gasteiger partial charge in [0.05, 0.1) is 11.0 Å². The average molecular weight is 318 g/mol. The van der Waals surface area contributed by atoms with Crippen LogP contribution in [0, 0.1) is 0 Å². The van der Waals surface area contributed by atoms with Gasteiger partial charge in [-0.2, -0.15) is 0 Å². The van der Waals surface area contributed by atoms with E-state index in [-0.39, 0.29) is 12.2 Å². The standard InChI is InChI=1S/C16H22N4O3/c1-3-9-17-15(22)18-14(21)11-20-13-8-6-5-7-12(13)19(10-4-2)16(20)23/h5-8H,3-4,9-11H2,1-2H3,(H2,17,18,21,22). The predicted molar refractivity (Wildman–Crippen MR) is 88.3 cm³/mol. The third-order valence-corrected chi connectivity index (χ3v) is 3.46. The predicted octanol–water partition coefficient (Wildman–Crippen LogP) is 1.45. The Hall–Kier alpha value is -2.57. The largest absolute Gasteiger partial charge is 0.338 e. The van der Waals surface area contributed by atoms with Crippen LogP contribution in [-0.4, -0.2) is 27.6 Å². The van der Waals surface area contributed by atoms with Gasteiger partial charge >= 0.3 is 11.7 Å². The van der Waals surface area contributed by atoms with Crippen molar-refractivity contribution >= 4 is 23.0 Å². The zero-order valence-electron chi connectivity index (χ0n) is 13.5. The van der Waals surface area contributed by atoms with Crippen molar-refractivity contribution in [3.63, 3.8) is 0 Å². The summed E-state index contributed by atoms with van der Waals surface area (Å²) in [4.78, 5) is 36.0. The smallest absolute Gasteiger partial charge is 0.329 e. The molecule has 0 aliphatic carbocycles. The molecule has 1 aromatic heterocycles. The van der Waals surface area contributed by atoms with Crippen LogP contribution in [0.5, 0.6) is 0 Å². The van der Waals surface area contributed by atoms with Gasteiger partial charge in [0, 0.05) is 13.1 Å². The normalized spacial score (nSPS) is 10.7. The third kappa shape index (κ3) is 3.80. The van der Waals surface area contributed by atoms with Gasteiger partial charge < -0.3 is 5.32 Å². The molecule has 0 spiro atoms. The van der Waals surface area contributed by atoms with Crippen molar-refractivity contribution in [3.8, 4) is 0 Å². The van der Waals surface area contributed by atoms with Crippen LogP contribution in [0.1, 0.15) is 26.7 Å². The minimum absolute atomic E-state index is 0.185. The molecule has 2 rings (SSSR count). The molecule has 3 amide bonds. The molecule has 0 saturated heterocycles. The molecule has 2 N–H and O–H groups in total. The summed E-state index contributed by atoms with van der Waals surface area (Å²) in [5.41, 5.74) is 1.25.